The molecular weight excluding hydrogens is 287 g/mol. The van der Waals surface area contributed by atoms with Gasteiger partial charge in [-0.05, 0) is 6.92 Å². The fraction of sp³-hybridized carbons (Fsp3) is 0.222. The number of non-ortho nitro benzene ring substituents is 1. The fourth-order valence-electron chi connectivity index (χ4n) is 1.40. The Hall–Kier alpha value is -2.72. The summed E-state index contributed by atoms with van der Waals surface area (Å²) in [5, 5.41) is 22.6. The lowest BCUT2D eigenvalue weighted by molar-refractivity contribution is -0.388. The summed E-state index contributed by atoms with van der Waals surface area (Å²) in [6.45, 7) is 1.11. The molecule has 1 aromatic rings. The van der Waals surface area contributed by atoms with Gasteiger partial charge in [0.25, 0.3) is 11.4 Å². The molecule has 11 heteroatoms. The molecule has 0 saturated carbocycles. The third kappa shape index (κ3) is 3.18. The lowest BCUT2D eigenvalue weighted by atomic mass is 10.1. The molecule has 0 aliphatic carbocycles. The van der Waals surface area contributed by atoms with Crippen molar-refractivity contribution in [2.24, 2.45) is 0 Å². The first-order chi connectivity index (χ1) is 9.04. The number of nitro groups is 2. The summed E-state index contributed by atoms with van der Waals surface area (Å²) < 4.78 is 36.3. The van der Waals surface area contributed by atoms with Crippen LogP contribution in [0.5, 0.6) is 0 Å². The SMILES string of the molecule is Cc1cc([N+](=O)[O-])cc(NC(=O)C(F)(F)F)c1[N+](=O)[O-]. The van der Waals surface area contributed by atoms with E-state index in [9.17, 15) is 38.2 Å². The topological polar surface area (TPSA) is 115 Å². The molecule has 0 fully saturated rings. The van der Waals surface area contributed by atoms with Gasteiger partial charge in [-0.2, -0.15) is 13.2 Å². The predicted octanol–water partition coefficient (Wildman–Crippen LogP) is 2.31. The van der Waals surface area contributed by atoms with Crippen LogP contribution in [0, 0.1) is 27.2 Å². The number of rotatable bonds is 3. The molecule has 8 nitrogen and oxygen atoms in total. The highest BCUT2D eigenvalue weighted by Gasteiger charge is 2.40. The van der Waals surface area contributed by atoms with Crippen LogP contribution in [0.25, 0.3) is 0 Å². The van der Waals surface area contributed by atoms with Crippen molar-refractivity contribution in [2.75, 3.05) is 5.32 Å². The highest BCUT2D eigenvalue weighted by molar-refractivity contribution is 5.97. The second-order valence-corrected chi connectivity index (χ2v) is 3.62. The van der Waals surface area contributed by atoms with E-state index in [1.165, 1.54) is 5.32 Å². The number of hydrogen-bond acceptors (Lipinski definition) is 5. The van der Waals surface area contributed by atoms with E-state index in [0.29, 0.717) is 6.07 Å². The van der Waals surface area contributed by atoms with E-state index in [0.717, 1.165) is 13.0 Å². The van der Waals surface area contributed by atoms with Gasteiger partial charge in [-0.1, -0.05) is 0 Å². The van der Waals surface area contributed by atoms with E-state index in [-0.39, 0.29) is 5.56 Å². The lowest BCUT2D eigenvalue weighted by Gasteiger charge is -2.09. The van der Waals surface area contributed by atoms with E-state index in [2.05, 4.69) is 0 Å². The number of nitrogens with zero attached hydrogens (tertiary/aromatic N) is 2. The molecular formula is C9H6F3N3O5. The second-order valence-electron chi connectivity index (χ2n) is 3.62. The van der Waals surface area contributed by atoms with Crippen LogP contribution in [0.15, 0.2) is 12.1 Å². The number of hydrogen-bond donors (Lipinski definition) is 1. The monoisotopic (exact) mass is 293 g/mol. The lowest BCUT2D eigenvalue weighted by Crippen LogP contribution is -2.30. The Morgan fingerprint density at radius 1 is 1.20 bits per heavy atom. The van der Waals surface area contributed by atoms with Gasteiger partial charge in [-0.3, -0.25) is 25.0 Å². The van der Waals surface area contributed by atoms with Crippen molar-refractivity contribution in [3.05, 3.63) is 37.9 Å². The van der Waals surface area contributed by atoms with Crippen molar-refractivity contribution >= 4 is 23.0 Å². The maximum Gasteiger partial charge on any atom is 0.471 e. The number of benzene rings is 1. The summed E-state index contributed by atoms with van der Waals surface area (Å²) in [7, 11) is 0. The Balaban J connectivity index is 3.38. The fourth-order valence-corrected chi connectivity index (χ4v) is 1.40. The number of aryl methyl sites for hydroxylation is 1. The minimum atomic E-state index is -5.27. The molecule has 0 bridgehead atoms. The first-order valence-corrected chi connectivity index (χ1v) is 4.85. The Morgan fingerprint density at radius 3 is 2.15 bits per heavy atom. The van der Waals surface area contributed by atoms with Gasteiger partial charge < -0.3 is 5.32 Å². The van der Waals surface area contributed by atoms with Crippen molar-refractivity contribution < 1.29 is 27.8 Å². The molecule has 0 unspecified atom stereocenters. The molecule has 0 heterocycles. The van der Waals surface area contributed by atoms with Crippen molar-refractivity contribution in [3.8, 4) is 0 Å². The first kappa shape index (κ1) is 15.3. The van der Waals surface area contributed by atoms with Crippen LogP contribution in [0.4, 0.5) is 30.2 Å². The van der Waals surface area contributed by atoms with Crippen molar-refractivity contribution in [1.82, 2.24) is 0 Å². The Morgan fingerprint density at radius 2 is 1.75 bits per heavy atom. The van der Waals surface area contributed by atoms with E-state index in [1.54, 1.807) is 0 Å². The maximum atomic E-state index is 12.1. The Kier molecular flexibility index (Phi) is 3.92. The van der Waals surface area contributed by atoms with Crippen molar-refractivity contribution in [1.29, 1.82) is 0 Å². The maximum absolute atomic E-state index is 12.1. The molecule has 0 atom stereocenters. The third-order valence-electron chi connectivity index (χ3n) is 2.18. The molecule has 0 aliphatic heterocycles. The van der Waals surface area contributed by atoms with Crippen LogP contribution in [0.1, 0.15) is 5.56 Å². The van der Waals surface area contributed by atoms with E-state index >= 15 is 0 Å². The van der Waals surface area contributed by atoms with Crippen LogP contribution >= 0.6 is 0 Å². The summed E-state index contributed by atoms with van der Waals surface area (Å²) >= 11 is 0. The summed E-state index contributed by atoms with van der Waals surface area (Å²) in [4.78, 5) is 30.1. The van der Waals surface area contributed by atoms with Gasteiger partial charge in [0.15, 0.2) is 0 Å². The molecule has 20 heavy (non-hydrogen) atoms. The highest BCUT2D eigenvalue weighted by atomic mass is 19.4. The van der Waals surface area contributed by atoms with Gasteiger partial charge in [0.05, 0.1) is 9.85 Å². The summed E-state index contributed by atoms with van der Waals surface area (Å²) in [6, 6.07) is 1.32. The van der Waals surface area contributed by atoms with E-state index in [1.807, 2.05) is 0 Å². The minimum absolute atomic E-state index is 0.248. The van der Waals surface area contributed by atoms with Gasteiger partial charge in [0, 0.05) is 17.7 Å². The molecule has 0 spiro atoms. The van der Waals surface area contributed by atoms with Crippen molar-refractivity contribution in [3.63, 3.8) is 0 Å². The van der Waals surface area contributed by atoms with E-state index < -0.39 is 39.0 Å². The molecule has 0 radical (unpaired) electrons. The zero-order chi connectivity index (χ0) is 15.7. The van der Waals surface area contributed by atoms with Crippen LogP contribution in [0.2, 0.25) is 0 Å². The van der Waals surface area contributed by atoms with Gasteiger partial charge in [0.1, 0.15) is 5.69 Å². The molecule has 0 aliphatic rings. The zero-order valence-electron chi connectivity index (χ0n) is 9.72. The molecule has 0 aromatic heterocycles. The number of nitro benzene ring substituents is 2. The highest BCUT2D eigenvalue weighted by Crippen LogP contribution is 2.33. The van der Waals surface area contributed by atoms with Crippen LogP contribution in [-0.4, -0.2) is 21.9 Å². The van der Waals surface area contributed by atoms with Gasteiger partial charge >= 0.3 is 12.1 Å². The van der Waals surface area contributed by atoms with Gasteiger partial charge in [0.2, 0.25) is 0 Å². The van der Waals surface area contributed by atoms with Crippen LogP contribution in [-0.2, 0) is 4.79 Å². The Labute approximate surface area is 108 Å². The molecule has 1 rings (SSSR count). The number of carbonyl (C=O) groups is 1. The smallest absolute Gasteiger partial charge is 0.312 e. The van der Waals surface area contributed by atoms with Crippen LogP contribution < -0.4 is 5.32 Å². The third-order valence-corrected chi connectivity index (χ3v) is 2.18. The summed E-state index contributed by atoms with van der Waals surface area (Å²) in [6.07, 6.45) is -5.27. The average Bonchev–Trinajstić information content (AvgIpc) is 2.25. The number of alkyl halides is 3. The van der Waals surface area contributed by atoms with Gasteiger partial charge in [-0.15, -0.1) is 0 Å². The number of anilines is 1. The number of nitrogens with one attached hydrogen (secondary N) is 1. The summed E-state index contributed by atoms with van der Waals surface area (Å²) in [5.74, 6) is -2.46. The number of amides is 1. The second kappa shape index (κ2) is 5.11. The molecule has 108 valence electrons. The zero-order valence-corrected chi connectivity index (χ0v) is 9.72. The largest absolute Gasteiger partial charge is 0.471 e. The van der Waals surface area contributed by atoms with E-state index in [4.69, 9.17) is 0 Å². The Bertz CT molecular complexity index is 599. The normalized spacial score (nSPS) is 11.0. The van der Waals surface area contributed by atoms with Crippen molar-refractivity contribution in [2.45, 2.75) is 13.1 Å². The first-order valence-electron chi connectivity index (χ1n) is 4.85. The average molecular weight is 293 g/mol. The van der Waals surface area contributed by atoms with Crippen LogP contribution in [0.3, 0.4) is 0 Å². The molecule has 1 aromatic carbocycles. The molecule has 0 saturated heterocycles. The molecule has 1 amide bonds. The quantitative estimate of drug-likeness (QED) is 0.678. The van der Waals surface area contributed by atoms with Gasteiger partial charge in [-0.25, -0.2) is 0 Å². The number of carbonyl (C=O) groups excluding carboxylic acids is 1. The predicted molar refractivity (Wildman–Crippen MR) is 59.2 cm³/mol. The summed E-state index contributed by atoms with van der Waals surface area (Å²) in [5.41, 5.74) is -2.65. The molecule has 1 N–H and O–H groups in total. The minimum Gasteiger partial charge on any atom is -0.312 e. The standard InChI is InChI=1S/C9H6F3N3O5/c1-4-2-5(14(17)18)3-6(7(4)15(19)20)13-8(16)9(10,11)12/h2-3H,1H3,(H,13,16). The number of halogens is 3.